The van der Waals surface area contributed by atoms with Crippen molar-refractivity contribution in [2.24, 2.45) is 0 Å². The lowest BCUT2D eigenvalue weighted by Gasteiger charge is -2.38. The average Bonchev–Trinajstić information content (AvgIpc) is 3.47. The van der Waals surface area contributed by atoms with Crippen LogP contribution in [0.3, 0.4) is 0 Å². The highest BCUT2D eigenvalue weighted by molar-refractivity contribution is 6.20. The number of rotatable bonds is 5. The van der Waals surface area contributed by atoms with Crippen molar-refractivity contribution >= 4 is 40.7 Å². The molecule has 0 radical (unpaired) electrons. The second-order valence-electron chi connectivity index (χ2n) is 8.99. The summed E-state index contributed by atoms with van der Waals surface area (Å²) in [4.78, 5) is 40.0. The second kappa shape index (κ2) is 9.15. The van der Waals surface area contributed by atoms with Crippen molar-refractivity contribution in [3.8, 4) is 17.0 Å². The highest BCUT2D eigenvalue weighted by atomic mass is 35.5. The molecule has 192 valence electrons. The topological polar surface area (TPSA) is 116 Å². The Morgan fingerprint density at radius 2 is 1.86 bits per heavy atom. The summed E-state index contributed by atoms with van der Waals surface area (Å²) in [7, 11) is 0. The van der Waals surface area contributed by atoms with Gasteiger partial charge in [-0.25, -0.2) is 0 Å². The zero-order valence-electron chi connectivity index (χ0n) is 19.6. The average molecular weight is 530 g/mol. The number of halogens is 3. The summed E-state index contributed by atoms with van der Waals surface area (Å²) < 4.78 is 30.0. The molecule has 12 heteroatoms. The van der Waals surface area contributed by atoms with E-state index in [1.165, 1.54) is 31.2 Å². The molecule has 37 heavy (non-hydrogen) atoms. The SMILES string of the molecule is CC(=O)N1CCC2(CC1)C(=O)Nc1cc(C(=O)Nc3ccc(OC(F)(F)Cl)cc3)cc(-c3ccn[nH]3)c12. The van der Waals surface area contributed by atoms with Gasteiger partial charge >= 0.3 is 5.57 Å². The Hall–Kier alpha value is -3.99. The maximum absolute atomic E-state index is 13.3. The highest BCUT2D eigenvalue weighted by Crippen LogP contribution is 2.49. The standard InChI is InChI=1S/C25H22ClF2N5O4/c1-14(34)33-10-7-24(8-11-33)21-18(19-6-9-29-32-19)12-15(13-20(21)31-23(24)36)22(35)30-16-2-4-17(5-3-16)37-25(26,27)28/h2-6,9,12-13H,7-8,10-11H2,1H3,(H,29,32)(H,30,35)(H,31,36). The number of hydrogen-bond donors (Lipinski definition) is 3. The first kappa shape index (κ1) is 24.7. The molecule has 1 aromatic heterocycles. The van der Waals surface area contributed by atoms with Crippen LogP contribution in [0.2, 0.25) is 0 Å². The van der Waals surface area contributed by atoms with Crippen LogP contribution in [0.25, 0.3) is 11.3 Å². The molecule has 0 unspecified atom stereocenters. The zero-order valence-corrected chi connectivity index (χ0v) is 20.4. The fourth-order valence-electron chi connectivity index (χ4n) is 4.98. The highest BCUT2D eigenvalue weighted by Gasteiger charge is 2.50. The molecule has 2 aliphatic rings. The van der Waals surface area contributed by atoms with Crippen LogP contribution in [0, 0.1) is 0 Å². The van der Waals surface area contributed by atoms with Gasteiger partial charge in [-0.1, -0.05) is 0 Å². The summed E-state index contributed by atoms with van der Waals surface area (Å²) in [5.74, 6) is -0.844. The van der Waals surface area contributed by atoms with E-state index in [1.807, 2.05) is 0 Å². The first-order valence-electron chi connectivity index (χ1n) is 11.5. The smallest absolute Gasteiger partial charge is 0.420 e. The summed E-state index contributed by atoms with van der Waals surface area (Å²) in [5.41, 5.74) is -1.48. The van der Waals surface area contributed by atoms with Gasteiger partial charge in [-0.2, -0.15) is 5.10 Å². The van der Waals surface area contributed by atoms with Crippen molar-refractivity contribution < 1.29 is 27.9 Å². The number of anilines is 2. The maximum atomic E-state index is 13.3. The largest absolute Gasteiger partial charge is 0.487 e. The molecule has 3 aromatic rings. The first-order valence-corrected chi connectivity index (χ1v) is 11.9. The number of hydrogen-bond acceptors (Lipinski definition) is 5. The summed E-state index contributed by atoms with van der Waals surface area (Å²) >= 11 is 4.78. The molecule has 0 saturated carbocycles. The molecular formula is C25H22ClF2N5O4. The molecule has 9 nitrogen and oxygen atoms in total. The minimum absolute atomic E-state index is 0.0368. The van der Waals surface area contributed by atoms with Crippen molar-refractivity contribution in [1.29, 1.82) is 0 Å². The van der Waals surface area contributed by atoms with Crippen molar-refractivity contribution in [3.05, 3.63) is 59.8 Å². The van der Waals surface area contributed by atoms with E-state index < -0.39 is 16.9 Å². The number of carbonyl (C=O) groups excluding carboxylic acids is 3. The van der Waals surface area contributed by atoms with Crippen LogP contribution in [-0.2, 0) is 15.0 Å². The Labute approximate surface area is 215 Å². The van der Waals surface area contributed by atoms with Gasteiger partial charge in [-0.05, 0) is 55.3 Å². The molecule has 0 aliphatic carbocycles. The molecule has 3 heterocycles. The molecule has 1 fully saturated rings. The Morgan fingerprint density at radius 3 is 2.46 bits per heavy atom. The van der Waals surface area contributed by atoms with Crippen LogP contribution in [0.15, 0.2) is 48.7 Å². The maximum Gasteiger partial charge on any atom is 0.487 e. The Morgan fingerprint density at radius 1 is 1.16 bits per heavy atom. The van der Waals surface area contributed by atoms with Gasteiger partial charge in [0.25, 0.3) is 5.91 Å². The Bertz CT molecular complexity index is 1360. The van der Waals surface area contributed by atoms with Gasteiger partial charge in [0, 0.05) is 65.9 Å². The first-order chi connectivity index (χ1) is 17.6. The molecule has 3 N–H and O–H groups in total. The van der Waals surface area contributed by atoms with Gasteiger partial charge in [0.05, 0.1) is 11.1 Å². The van der Waals surface area contributed by atoms with Crippen LogP contribution in [0.5, 0.6) is 5.75 Å². The van der Waals surface area contributed by atoms with Gasteiger partial charge in [-0.15, -0.1) is 8.78 Å². The third kappa shape index (κ3) is 4.74. The van der Waals surface area contributed by atoms with E-state index in [-0.39, 0.29) is 23.1 Å². The number of aromatic nitrogens is 2. The number of aromatic amines is 1. The van der Waals surface area contributed by atoms with Crippen molar-refractivity contribution in [2.45, 2.75) is 30.7 Å². The number of nitrogens with zero attached hydrogens (tertiary/aromatic N) is 2. The number of piperidine rings is 1. The van der Waals surface area contributed by atoms with Gasteiger partial charge in [0.15, 0.2) is 0 Å². The van der Waals surface area contributed by atoms with Gasteiger partial charge in [0.1, 0.15) is 5.75 Å². The van der Waals surface area contributed by atoms with Crippen LogP contribution in [-0.4, -0.2) is 51.5 Å². The lowest BCUT2D eigenvalue weighted by molar-refractivity contribution is -0.133. The van der Waals surface area contributed by atoms with Gasteiger partial charge in [0.2, 0.25) is 11.8 Å². The molecule has 1 saturated heterocycles. The monoisotopic (exact) mass is 529 g/mol. The lowest BCUT2D eigenvalue weighted by Crippen LogP contribution is -2.47. The Balaban J connectivity index is 1.47. The molecule has 5 rings (SSSR count). The molecule has 3 amide bonds. The van der Waals surface area contributed by atoms with Crippen molar-refractivity contribution in [3.63, 3.8) is 0 Å². The summed E-state index contributed by atoms with van der Waals surface area (Å²) in [5, 5.41) is 12.6. The molecule has 0 atom stereocenters. The summed E-state index contributed by atoms with van der Waals surface area (Å²) in [6, 6.07) is 10.4. The van der Waals surface area contributed by atoms with E-state index in [0.717, 1.165) is 5.56 Å². The molecule has 0 bridgehead atoms. The number of ether oxygens (including phenoxy) is 1. The number of alkyl halides is 3. The third-order valence-electron chi connectivity index (χ3n) is 6.76. The number of fused-ring (bicyclic) bond motifs is 2. The van der Waals surface area contributed by atoms with Crippen LogP contribution in [0.4, 0.5) is 20.2 Å². The molecule has 2 aromatic carbocycles. The molecule has 1 spiro atoms. The van der Waals surface area contributed by atoms with Gasteiger partial charge < -0.3 is 20.3 Å². The van der Waals surface area contributed by atoms with Crippen LogP contribution in [0.1, 0.15) is 35.7 Å². The molecule has 2 aliphatic heterocycles. The second-order valence-corrected chi connectivity index (χ2v) is 9.43. The number of nitrogens with one attached hydrogen (secondary N) is 3. The number of likely N-dealkylation sites (tertiary alicyclic amines) is 1. The van der Waals surface area contributed by atoms with E-state index in [0.29, 0.717) is 48.6 Å². The van der Waals surface area contributed by atoms with Crippen LogP contribution >= 0.6 is 11.6 Å². The number of benzene rings is 2. The van der Waals surface area contributed by atoms with E-state index in [9.17, 15) is 23.2 Å². The van der Waals surface area contributed by atoms with E-state index >= 15 is 0 Å². The summed E-state index contributed by atoms with van der Waals surface area (Å²) in [6.07, 6.45) is 2.49. The van der Waals surface area contributed by atoms with E-state index in [4.69, 9.17) is 11.6 Å². The Kier molecular flexibility index (Phi) is 6.10. The fourth-order valence-corrected chi connectivity index (χ4v) is 5.07. The van der Waals surface area contributed by atoms with E-state index in [1.54, 1.807) is 29.3 Å². The number of amides is 3. The minimum Gasteiger partial charge on any atom is -0.420 e. The predicted molar refractivity (Wildman–Crippen MR) is 132 cm³/mol. The molecular weight excluding hydrogens is 508 g/mol. The quantitative estimate of drug-likeness (QED) is 0.425. The van der Waals surface area contributed by atoms with Gasteiger partial charge in [-0.3, -0.25) is 19.5 Å². The normalized spacial score (nSPS) is 16.3. The minimum atomic E-state index is -3.84. The van der Waals surface area contributed by atoms with Crippen molar-refractivity contribution in [1.82, 2.24) is 15.1 Å². The number of H-pyrrole nitrogens is 1. The number of carbonyl (C=O) groups is 3. The lowest BCUT2D eigenvalue weighted by atomic mass is 9.71. The van der Waals surface area contributed by atoms with Crippen LogP contribution < -0.4 is 15.4 Å². The zero-order chi connectivity index (χ0) is 26.4. The van der Waals surface area contributed by atoms with E-state index in [2.05, 4.69) is 25.6 Å². The third-order valence-corrected chi connectivity index (χ3v) is 6.84. The predicted octanol–water partition coefficient (Wildman–Crippen LogP) is 4.33. The fraction of sp³-hybridized carbons (Fsp3) is 0.280. The van der Waals surface area contributed by atoms with Crippen molar-refractivity contribution in [2.75, 3.05) is 23.7 Å². The summed E-state index contributed by atoms with van der Waals surface area (Å²) in [6.45, 7) is 2.40.